The largest absolute Gasteiger partial charge is 0.480 e. The van der Waals surface area contributed by atoms with Gasteiger partial charge in [-0.1, -0.05) is 30.3 Å². The Kier molecular flexibility index (Phi) is 7.53. The average molecular weight is 458 g/mol. The second kappa shape index (κ2) is 10.3. The summed E-state index contributed by atoms with van der Waals surface area (Å²) in [5, 5.41) is 9.68. The Labute approximate surface area is 189 Å². The van der Waals surface area contributed by atoms with Crippen LogP contribution in [0.15, 0.2) is 42.5 Å². The highest BCUT2D eigenvalue weighted by atomic mass is 32.2. The Morgan fingerprint density at radius 2 is 1.66 bits per heavy atom. The fourth-order valence-electron chi connectivity index (χ4n) is 3.47. The summed E-state index contributed by atoms with van der Waals surface area (Å²) in [6.07, 6.45) is 0.206. The van der Waals surface area contributed by atoms with Crippen molar-refractivity contribution < 1.29 is 33.8 Å². The van der Waals surface area contributed by atoms with Crippen LogP contribution in [0, 0.1) is 0 Å². The number of hydrogen-bond donors (Lipinski definition) is 1. The number of carboxylic acid groups (broad SMARTS) is 1. The normalized spacial score (nSPS) is 14.6. The standard InChI is InChI=1S/C23H23NO7S/c1-14(25)30-20-11-17-10-19(23(28)29)24(18(17)12-21(20)31-15(2)26)22(27)8-9-32-13-16-6-4-3-5-7-16/h3-7,11-12,19H,8-10,13H2,1-2H3,(H,28,29)/t19-/m0/s1. The van der Waals surface area contributed by atoms with E-state index in [0.29, 0.717) is 17.0 Å². The van der Waals surface area contributed by atoms with Gasteiger partial charge in [0.15, 0.2) is 11.5 Å². The Balaban J connectivity index is 1.80. The number of hydrogen-bond acceptors (Lipinski definition) is 7. The maximum atomic E-state index is 13.0. The van der Waals surface area contributed by atoms with Crippen LogP contribution in [-0.4, -0.2) is 40.7 Å². The van der Waals surface area contributed by atoms with Gasteiger partial charge in [-0.05, 0) is 17.2 Å². The first-order valence-corrected chi connectivity index (χ1v) is 11.1. The van der Waals surface area contributed by atoms with Gasteiger partial charge in [-0.15, -0.1) is 0 Å². The number of ether oxygens (including phenoxy) is 2. The van der Waals surface area contributed by atoms with Crippen molar-refractivity contribution in [3.63, 3.8) is 0 Å². The smallest absolute Gasteiger partial charge is 0.327 e. The number of carbonyl (C=O) groups is 4. The maximum absolute atomic E-state index is 13.0. The molecule has 0 aromatic heterocycles. The summed E-state index contributed by atoms with van der Waals surface area (Å²) in [7, 11) is 0. The molecule has 168 valence electrons. The molecule has 0 spiro atoms. The maximum Gasteiger partial charge on any atom is 0.327 e. The summed E-state index contributed by atoms with van der Waals surface area (Å²) in [6.45, 7) is 2.39. The van der Waals surface area contributed by atoms with E-state index in [0.717, 1.165) is 11.3 Å². The van der Waals surface area contributed by atoms with Crippen molar-refractivity contribution in [3.8, 4) is 11.5 Å². The molecule has 3 rings (SSSR count). The number of nitrogens with zero attached hydrogens (tertiary/aromatic N) is 1. The van der Waals surface area contributed by atoms with Gasteiger partial charge in [-0.25, -0.2) is 4.79 Å². The minimum absolute atomic E-state index is 0.00306. The van der Waals surface area contributed by atoms with Gasteiger partial charge in [0, 0.05) is 44.3 Å². The Morgan fingerprint density at radius 1 is 1.03 bits per heavy atom. The first-order chi connectivity index (χ1) is 15.3. The number of rotatable bonds is 8. The summed E-state index contributed by atoms with van der Waals surface area (Å²) in [4.78, 5) is 49.0. The number of thioether (sulfide) groups is 1. The highest BCUT2D eigenvalue weighted by Gasteiger charge is 2.39. The minimum atomic E-state index is -1.14. The zero-order valence-electron chi connectivity index (χ0n) is 17.7. The number of benzene rings is 2. The molecule has 0 saturated heterocycles. The van der Waals surface area contributed by atoms with E-state index in [4.69, 9.17) is 9.47 Å². The predicted molar refractivity (Wildman–Crippen MR) is 119 cm³/mol. The van der Waals surface area contributed by atoms with Gasteiger partial charge in [0.25, 0.3) is 0 Å². The minimum Gasteiger partial charge on any atom is -0.480 e. The third-order valence-corrected chi connectivity index (χ3v) is 5.79. The van der Waals surface area contributed by atoms with Crippen molar-refractivity contribution >= 4 is 41.3 Å². The zero-order valence-corrected chi connectivity index (χ0v) is 18.5. The molecule has 1 N–H and O–H groups in total. The van der Waals surface area contributed by atoms with Crippen LogP contribution in [0.25, 0.3) is 0 Å². The summed E-state index contributed by atoms with van der Waals surface area (Å²) in [6, 6.07) is 11.6. The lowest BCUT2D eigenvalue weighted by Crippen LogP contribution is -2.43. The molecular formula is C23H23NO7S. The van der Waals surface area contributed by atoms with Crippen LogP contribution in [0.3, 0.4) is 0 Å². The van der Waals surface area contributed by atoms with Crippen LogP contribution < -0.4 is 14.4 Å². The fourth-order valence-corrected chi connectivity index (χ4v) is 4.36. The first-order valence-electron chi connectivity index (χ1n) is 9.96. The first kappa shape index (κ1) is 23.3. The third kappa shape index (κ3) is 5.67. The molecule has 8 nitrogen and oxygen atoms in total. The van der Waals surface area contributed by atoms with E-state index in [1.54, 1.807) is 11.8 Å². The average Bonchev–Trinajstić information content (AvgIpc) is 3.10. The summed E-state index contributed by atoms with van der Waals surface area (Å²) in [5.74, 6) is -1.52. The molecule has 0 unspecified atom stereocenters. The molecule has 1 heterocycles. The van der Waals surface area contributed by atoms with Gasteiger partial charge in [0.1, 0.15) is 6.04 Å². The molecule has 0 bridgehead atoms. The lowest BCUT2D eigenvalue weighted by Gasteiger charge is -2.23. The van der Waals surface area contributed by atoms with Crippen LogP contribution in [-0.2, 0) is 31.4 Å². The summed E-state index contributed by atoms with van der Waals surface area (Å²) >= 11 is 1.58. The molecule has 1 amide bonds. The highest BCUT2D eigenvalue weighted by molar-refractivity contribution is 7.98. The van der Waals surface area contributed by atoms with E-state index < -0.39 is 23.9 Å². The molecule has 0 radical (unpaired) electrons. The van der Waals surface area contributed by atoms with Crippen LogP contribution in [0.5, 0.6) is 11.5 Å². The molecule has 1 aliphatic heterocycles. The van der Waals surface area contributed by atoms with Crippen LogP contribution in [0.4, 0.5) is 5.69 Å². The van der Waals surface area contributed by atoms with E-state index in [1.807, 2.05) is 30.3 Å². The van der Waals surface area contributed by atoms with Gasteiger partial charge < -0.3 is 14.6 Å². The summed E-state index contributed by atoms with van der Waals surface area (Å²) in [5.41, 5.74) is 2.00. The van der Waals surface area contributed by atoms with Gasteiger partial charge in [0.2, 0.25) is 5.91 Å². The quantitative estimate of drug-likeness (QED) is 0.366. The number of carbonyl (C=O) groups excluding carboxylic acids is 3. The SMILES string of the molecule is CC(=O)Oc1cc2c(cc1OC(C)=O)N(C(=O)CCSCc1ccccc1)[C@H](C(=O)O)C2. The van der Waals surface area contributed by atoms with Gasteiger partial charge in [0.05, 0.1) is 5.69 Å². The van der Waals surface area contributed by atoms with Crippen molar-refractivity contribution in [3.05, 3.63) is 53.6 Å². The lowest BCUT2D eigenvalue weighted by molar-refractivity contribution is -0.140. The van der Waals surface area contributed by atoms with Crippen molar-refractivity contribution in [1.82, 2.24) is 0 Å². The molecule has 1 atom stereocenters. The van der Waals surface area contributed by atoms with Crippen LogP contribution >= 0.6 is 11.8 Å². The second-order valence-corrected chi connectivity index (χ2v) is 8.33. The number of aliphatic carboxylic acids is 1. The number of anilines is 1. The highest BCUT2D eigenvalue weighted by Crippen LogP contribution is 2.41. The van der Waals surface area contributed by atoms with Crippen LogP contribution in [0.2, 0.25) is 0 Å². The molecule has 2 aromatic rings. The molecule has 9 heteroatoms. The monoisotopic (exact) mass is 457 g/mol. The number of carboxylic acids is 1. The van der Waals surface area contributed by atoms with E-state index in [9.17, 15) is 24.3 Å². The molecule has 0 fully saturated rings. The summed E-state index contributed by atoms with van der Waals surface area (Å²) < 4.78 is 10.3. The molecule has 32 heavy (non-hydrogen) atoms. The predicted octanol–water partition coefficient (Wildman–Crippen LogP) is 3.20. The van der Waals surface area contributed by atoms with Gasteiger partial charge in [-0.3, -0.25) is 19.3 Å². The Hall–Kier alpha value is -3.33. The van der Waals surface area contributed by atoms with E-state index in [1.165, 1.54) is 30.9 Å². The zero-order chi connectivity index (χ0) is 23.3. The Bertz CT molecular complexity index is 1040. The van der Waals surface area contributed by atoms with Gasteiger partial charge >= 0.3 is 17.9 Å². The van der Waals surface area contributed by atoms with Crippen molar-refractivity contribution in [2.24, 2.45) is 0 Å². The van der Waals surface area contributed by atoms with Crippen molar-refractivity contribution in [2.45, 2.75) is 38.5 Å². The van der Waals surface area contributed by atoms with Crippen LogP contribution in [0.1, 0.15) is 31.4 Å². The molecule has 2 aromatic carbocycles. The van der Waals surface area contributed by atoms with E-state index >= 15 is 0 Å². The lowest BCUT2D eigenvalue weighted by atomic mass is 10.1. The van der Waals surface area contributed by atoms with E-state index in [2.05, 4.69) is 0 Å². The topological polar surface area (TPSA) is 110 Å². The van der Waals surface area contributed by atoms with Crippen molar-refractivity contribution in [2.75, 3.05) is 10.7 Å². The number of esters is 2. The van der Waals surface area contributed by atoms with Crippen molar-refractivity contribution in [1.29, 1.82) is 0 Å². The molecular weight excluding hydrogens is 434 g/mol. The molecule has 0 saturated carbocycles. The third-order valence-electron chi connectivity index (χ3n) is 4.76. The fraction of sp³-hybridized carbons (Fsp3) is 0.304. The Morgan fingerprint density at radius 3 is 2.25 bits per heavy atom. The number of amides is 1. The number of fused-ring (bicyclic) bond motifs is 1. The molecule has 1 aliphatic rings. The second-order valence-electron chi connectivity index (χ2n) is 7.23. The van der Waals surface area contributed by atoms with Gasteiger partial charge in [-0.2, -0.15) is 11.8 Å². The van der Waals surface area contributed by atoms with E-state index in [-0.39, 0.29) is 30.2 Å². The molecule has 0 aliphatic carbocycles.